The summed E-state index contributed by atoms with van der Waals surface area (Å²) in [5, 5.41) is 1.08. The van der Waals surface area contributed by atoms with E-state index >= 15 is 0 Å². The van der Waals surface area contributed by atoms with Crippen LogP contribution >= 0.6 is 11.3 Å². The molecular formula is C23H25N5O2S. The summed E-state index contributed by atoms with van der Waals surface area (Å²) in [5.74, 6) is 1.64. The Morgan fingerprint density at radius 1 is 1.06 bits per heavy atom. The van der Waals surface area contributed by atoms with Gasteiger partial charge in [-0.1, -0.05) is 24.3 Å². The molecule has 1 fully saturated rings. The van der Waals surface area contributed by atoms with Gasteiger partial charge in [0, 0.05) is 32.1 Å². The third kappa shape index (κ3) is 3.99. The molecule has 160 valence electrons. The van der Waals surface area contributed by atoms with E-state index in [1.807, 2.05) is 23.1 Å². The lowest BCUT2D eigenvalue weighted by Gasteiger charge is -2.38. The van der Waals surface area contributed by atoms with Crippen LogP contribution in [0.5, 0.6) is 5.88 Å². The van der Waals surface area contributed by atoms with Crippen molar-refractivity contribution < 1.29 is 9.53 Å². The maximum atomic E-state index is 13.5. The number of carbonyl (C=O) groups is 1. The lowest BCUT2D eigenvalue weighted by atomic mass is 9.82. The van der Waals surface area contributed by atoms with E-state index in [1.54, 1.807) is 30.8 Å². The number of methoxy groups -OCH3 is 1. The Kier molecular flexibility index (Phi) is 5.55. The molecule has 1 amide bonds. The summed E-state index contributed by atoms with van der Waals surface area (Å²) in [7, 11) is 1.59. The van der Waals surface area contributed by atoms with Gasteiger partial charge in [-0.2, -0.15) is 4.98 Å². The Morgan fingerprint density at radius 3 is 2.68 bits per heavy atom. The van der Waals surface area contributed by atoms with Crippen LogP contribution < -0.4 is 9.64 Å². The predicted octanol–water partition coefficient (Wildman–Crippen LogP) is 3.49. The van der Waals surface area contributed by atoms with E-state index in [2.05, 4.69) is 33.1 Å². The van der Waals surface area contributed by atoms with Crippen molar-refractivity contribution in [2.24, 2.45) is 5.92 Å². The molecule has 31 heavy (non-hydrogen) atoms. The molecule has 7 nitrogen and oxygen atoms in total. The zero-order valence-electron chi connectivity index (χ0n) is 17.5. The normalized spacial score (nSPS) is 21.5. The first-order chi connectivity index (χ1) is 15.2. The zero-order valence-corrected chi connectivity index (χ0v) is 18.3. The van der Waals surface area contributed by atoms with Crippen LogP contribution in [0.15, 0.2) is 48.8 Å². The molecule has 3 heterocycles. The van der Waals surface area contributed by atoms with Gasteiger partial charge >= 0.3 is 0 Å². The second-order valence-corrected chi connectivity index (χ2v) is 8.97. The minimum Gasteiger partial charge on any atom is -0.480 e. The van der Waals surface area contributed by atoms with Crippen LogP contribution in [0.1, 0.15) is 23.8 Å². The molecule has 2 atom stereocenters. The minimum atomic E-state index is -0.0475. The van der Waals surface area contributed by atoms with Gasteiger partial charge in [0.25, 0.3) is 0 Å². The number of allylic oxidation sites excluding steroid dienone is 2. The molecule has 8 heteroatoms. The van der Waals surface area contributed by atoms with Crippen LogP contribution in [0.2, 0.25) is 0 Å². The van der Waals surface area contributed by atoms with Crippen LogP contribution in [0.25, 0.3) is 10.2 Å². The smallest absolute Gasteiger partial charge is 0.233 e. The molecule has 0 bridgehead atoms. The molecule has 3 aromatic rings. The van der Waals surface area contributed by atoms with Gasteiger partial charge in [-0.3, -0.25) is 9.78 Å². The highest BCUT2D eigenvalue weighted by Gasteiger charge is 2.36. The highest BCUT2D eigenvalue weighted by Crippen LogP contribution is 2.39. The van der Waals surface area contributed by atoms with Crippen LogP contribution in [-0.2, 0) is 4.79 Å². The number of thiazole rings is 1. The molecule has 0 spiro atoms. The number of carbonyl (C=O) groups excluding carboxylic acids is 1. The first-order valence-electron chi connectivity index (χ1n) is 10.6. The maximum Gasteiger partial charge on any atom is 0.233 e. The number of nitrogens with zero attached hydrogens (tertiary/aromatic N) is 5. The quantitative estimate of drug-likeness (QED) is 0.584. The molecular weight excluding hydrogens is 410 g/mol. The van der Waals surface area contributed by atoms with E-state index in [-0.39, 0.29) is 17.7 Å². The third-order valence-corrected chi connectivity index (χ3v) is 7.27. The lowest BCUT2D eigenvalue weighted by molar-refractivity contribution is -0.136. The lowest BCUT2D eigenvalue weighted by Crippen LogP contribution is -2.51. The Morgan fingerprint density at radius 2 is 1.87 bits per heavy atom. The van der Waals surface area contributed by atoms with Gasteiger partial charge in [-0.05, 0) is 25.0 Å². The number of piperazine rings is 1. The van der Waals surface area contributed by atoms with Gasteiger partial charge in [-0.15, -0.1) is 11.3 Å². The fourth-order valence-corrected chi connectivity index (χ4v) is 5.53. The molecule has 1 aromatic carbocycles. The molecule has 0 saturated carbocycles. The van der Waals surface area contributed by atoms with Crippen molar-refractivity contribution >= 4 is 33.3 Å². The van der Waals surface area contributed by atoms with E-state index in [1.165, 1.54) is 4.70 Å². The summed E-state index contributed by atoms with van der Waals surface area (Å²) in [5.41, 5.74) is 1.02. The Hall–Kier alpha value is -3.00. The standard InChI is InChI=1S/C23H25N5O2S/c1-30-21-15-24-14-20(26-21)27-10-12-28(13-11-27)23(29)17-7-3-2-6-16(17)22-25-18-8-4-5-9-19(18)31-22/h2-5,8-9,14-17H,6-7,10-13H2,1H3. The van der Waals surface area contributed by atoms with Gasteiger partial charge in [0.2, 0.25) is 11.8 Å². The van der Waals surface area contributed by atoms with Crippen LogP contribution in [0.4, 0.5) is 5.82 Å². The second-order valence-electron chi connectivity index (χ2n) is 7.91. The number of rotatable bonds is 4. The summed E-state index contributed by atoms with van der Waals surface area (Å²) >= 11 is 1.72. The van der Waals surface area contributed by atoms with Crippen LogP contribution in [0.3, 0.4) is 0 Å². The first kappa shape index (κ1) is 19.9. The first-order valence-corrected chi connectivity index (χ1v) is 11.4. The number of ether oxygens (including phenoxy) is 1. The number of hydrogen-bond acceptors (Lipinski definition) is 7. The number of benzene rings is 1. The van der Waals surface area contributed by atoms with Crippen molar-refractivity contribution in [2.75, 3.05) is 38.2 Å². The molecule has 1 aliphatic heterocycles. The fourth-order valence-electron chi connectivity index (χ4n) is 4.39. The van der Waals surface area contributed by atoms with E-state index in [0.717, 1.165) is 42.3 Å². The molecule has 2 unspecified atom stereocenters. The number of para-hydroxylation sites is 1. The average molecular weight is 436 g/mol. The minimum absolute atomic E-state index is 0.0475. The van der Waals surface area contributed by atoms with E-state index in [0.29, 0.717) is 19.0 Å². The zero-order chi connectivity index (χ0) is 21.2. The Balaban J connectivity index is 1.29. The monoisotopic (exact) mass is 435 g/mol. The summed E-state index contributed by atoms with van der Waals surface area (Å²) in [6.07, 6.45) is 9.34. The van der Waals surface area contributed by atoms with Crippen molar-refractivity contribution in [3.05, 3.63) is 53.8 Å². The number of hydrogen-bond donors (Lipinski definition) is 0. The molecule has 2 aromatic heterocycles. The summed E-state index contributed by atoms with van der Waals surface area (Å²) in [6, 6.07) is 8.21. The number of anilines is 1. The highest BCUT2D eigenvalue weighted by atomic mass is 32.1. The van der Waals surface area contributed by atoms with Crippen molar-refractivity contribution in [3.8, 4) is 5.88 Å². The summed E-state index contributed by atoms with van der Waals surface area (Å²) in [4.78, 5) is 31.2. The Bertz CT molecular complexity index is 1070. The highest BCUT2D eigenvalue weighted by molar-refractivity contribution is 7.18. The van der Waals surface area contributed by atoms with Crippen LogP contribution in [0, 0.1) is 5.92 Å². The van der Waals surface area contributed by atoms with Gasteiger partial charge in [0.1, 0.15) is 0 Å². The maximum absolute atomic E-state index is 13.5. The van der Waals surface area contributed by atoms with E-state index < -0.39 is 0 Å². The van der Waals surface area contributed by atoms with Gasteiger partial charge < -0.3 is 14.5 Å². The summed E-state index contributed by atoms with van der Waals surface area (Å²) < 4.78 is 6.37. The average Bonchev–Trinajstić information content (AvgIpc) is 3.28. The van der Waals surface area contributed by atoms with Crippen molar-refractivity contribution in [1.29, 1.82) is 0 Å². The summed E-state index contributed by atoms with van der Waals surface area (Å²) in [6.45, 7) is 2.85. The van der Waals surface area contributed by atoms with Gasteiger partial charge in [0.05, 0.1) is 40.6 Å². The molecule has 0 radical (unpaired) electrons. The second kappa shape index (κ2) is 8.63. The molecule has 1 saturated heterocycles. The van der Waals surface area contributed by atoms with Crippen LogP contribution in [-0.4, -0.2) is 59.0 Å². The predicted molar refractivity (Wildman–Crippen MR) is 122 cm³/mol. The number of fused-ring (bicyclic) bond motifs is 1. The topological polar surface area (TPSA) is 71.5 Å². The molecule has 0 N–H and O–H groups in total. The SMILES string of the molecule is COc1cncc(N2CCN(C(=O)C3CC=CCC3c3nc4ccccc4s3)CC2)n1. The fraction of sp³-hybridized carbons (Fsp3) is 0.391. The van der Waals surface area contributed by atoms with Crippen molar-refractivity contribution in [2.45, 2.75) is 18.8 Å². The van der Waals surface area contributed by atoms with E-state index in [9.17, 15) is 4.79 Å². The largest absolute Gasteiger partial charge is 0.480 e. The van der Waals surface area contributed by atoms with Crippen molar-refractivity contribution in [1.82, 2.24) is 19.9 Å². The van der Waals surface area contributed by atoms with Gasteiger partial charge in [-0.25, -0.2) is 4.98 Å². The third-order valence-electron chi connectivity index (χ3n) is 6.10. The molecule has 5 rings (SSSR count). The number of aromatic nitrogens is 3. The Labute approximate surface area is 185 Å². The molecule has 2 aliphatic rings. The van der Waals surface area contributed by atoms with E-state index in [4.69, 9.17) is 9.72 Å². The number of amides is 1. The molecule has 1 aliphatic carbocycles. The van der Waals surface area contributed by atoms with Crippen molar-refractivity contribution in [3.63, 3.8) is 0 Å². The van der Waals surface area contributed by atoms with Gasteiger partial charge in [0.15, 0.2) is 5.82 Å².